The van der Waals surface area contributed by atoms with E-state index in [9.17, 15) is 14.7 Å². The Morgan fingerprint density at radius 1 is 1.00 bits per heavy atom. The smallest absolute Gasteiger partial charge is 0.337 e. The molecular formula is C16H14O4. The molecule has 20 heavy (non-hydrogen) atoms. The van der Waals surface area contributed by atoms with Crippen molar-refractivity contribution in [2.75, 3.05) is 7.11 Å². The van der Waals surface area contributed by atoms with Crippen LogP contribution >= 0.6 is 0 Å². The number of benzene rings is 2. The highest BCUT2D eigenvalue weighted by atomic mass is 16.5. The van der Waals surface area contributed by atoms with Gasteiger partial charge in [-0.15, -0.1) is 0 Å². The maximum Gasteiger partial charge on any atom is 0.337 e. The van der Waals surface area contributed by atoms with Crippen molar-refractivity contribution >= 4 is 11.8 Å². The fraction of sp³-hybridized carbons (Fsp3) is 0.125. The summed E-state index contributed by atoms with van der Waals surface area (Å²) in [4.78, 5) is 23.8. The van der Waals surface area contributed by atoms with Gasteiger partial charge in [0.25, 0.3) is 0 Å². The molecule has 0 aliphatic carbocycles. The van der Waals surface area contributed by atoms with Crippen molar-refractivity contribution < 1.29 is 19.4 Å². The molecule has 0 aliphatic heterocycles. The summed E-state index contributed by atoms with van der Waals surface area (Å²) < 4.78 is 4.64. The SMILES string of the molecule is COC(=O)c1ccc(C(=O)c2ccc(O)cc2)c(C)c1. The standard InChI is InChI=1S/C16H14O4/c1-10-9-12(16(19)20-2)5-8-14(10)15(18)11-3-6-13(17)7-4-11/h3-9,17H,1-2H3. The van der Waals surface area contributed by atoms with E-state index in [1.807, 2.05) is 0 Å². The lowest BCUT2D eigenvalue weighted by Crippen LogP contribution is -2.07. The van der Waals surface area contributed by atoms with Gasteiger partial charge < -0.3 is 9.84 Å². The van der Waals surface area contributed by atoms with E-state index in [0.717, 1.165) is 0 Å². The maximum atomic E-state index is 12.3. The number of carbonyl (C=O) groups is 2. The van der Waals surface area contributed by atoms with E-state index in [-0.39, 0.29) is 11.5 Å². The molecule has 0 saturated carbocycles. The fourth-order valence-corrected chi connectivity index (χ4v) is 1.93. The highest BCUT2D eigenvalue weighted by molar-refractivity contribution is 6.10. The van der Waals surface area contributed by atoms with Crippen LogP contribution in [0.5, 0.6) is 5.75 Å². The van der Waals surface area contributed by atoms with E-state index in [0.29, 0.717) is 22.3 Å². The summed E-state index contributed by atoms with van der Waals surface area (Å²) in [5.74, 6) is -0.477. The number of carbonyl (C=O) groups excluding carboxylic acids is 2. The number of esters is 1. The minimum absolute atomic E-state index is 0.110. The first-order valence-electron chi connectivity index (χ1n) is 6.05. The van der Waals surface area contributed by atoms with Gasteiger partial charge in [0.1, 0.15) is 5.75 Å². The van der Waals surface area contributed by atoms with Gasteiger partial charge in [-0.3, -0.25) is 4.79 Å². The van der Waals surface area contributed by atoms with Crippen LogP contribution in [-0.2, 0) is 4.74 Å². The topological polar surface area (TPSA) is 63.6 Å². The second kappa shape index (κ2) is 5.57. The molecule has 0 radical (unpaired) electrons. The van der Waals surface area contributed by atoms with Crippen LogP contribution in [0.4, 0.5) is 0 Å². The Bertz CT molecular complexity index is 657. The molecule has 0 unspecified atom stereocenters. The molecule has 4 heteroatoms. The zero-order valence-electron chi connectivity index (χ0n) is 11.2. The van der Waals surface area contributed by atoms with Crippen molar-refractivity contribution in [3.63, 3.8) is 0 Å². The number of hydrogen-bond acceptors (Lipinski definition) is 4. The van der Waals surface area contributed by atoms with Crippen LogP contribution in [0.25, 0.3) is 0 Å². The number of ether oxygens (including phenoxy) is 1. The number of rotatable bonds is 3. The third kappa shape index (κ3) is 2.69. The summed E-state index contributed by atoms with van der Waals surface area (Å²) in [6.07, 6.45) is 0. The second-order valence-electron chi connectivity index (χ2n) is 4.40. The van der Waals surface area contributed by atoms with Crippen LogP contribution in [0.3, 0.4) is 0 Å². The lowest BCUT2D eigenvalue weighted by molar-refractivity contribution is 0.0600. The Hall–Kier alpha value is -2.62. The molecule has 0 aromatic heterocycles. The van der Waals surface area contributed by atoms with Gasteiger partial charge in [-0.25, -0.2) is 4.79 Å². The number of phenolic OH excluding ortho intramolecular Hbond substituents is 1. The minimum Gasteiger partial charge on any atom is -0.508 e. The van der Waals surface area contributed by atoms with Crippen LogP contribution in [0.2, 0.25) is 0 Å². The summed E-state index contributed by atoms with van der Waals surface area (Å²) >= 11 is 0. The van der Waals surface area contributed by atoms with E-state index >= 15 is 0 Å². The third-order valence-electron chi connectivity index (χ3n) is 3.02. The van der Waals surface area contributed by atoms with E-state index in [1.165, 1.54) is 19.2 Å². The Morgan fingerprint density at radius 2 is 1.60 bits per heavy atom. The monoisotopic (exact) mass is 270 g/mol. The van der Waals surface area contributed by atoms with E-state index < -0.39 is 5.97 Å². The number of methoxy groups -OCH3 is 1. The van der Waals surface area contributed by atoms with Crippen molar-refractivity contribution in [3.05, 3.63) is 64.7 Å². The van der Waals surface area contributed by atoms with Crippen LogP contribution in [-0.4, -0.2) is 24.0 Å². The van der Waals surface area contributed by atoms with Crippen molar-refractivity contribution in [1.82, 2.24) is 0 Å². The van der Waals surface area contributed by atoms with Crippen LogP contribution in [0, 0.1) is 6.92 Å². The van der Waals surface area contributed by atoms with Gasteiger partial charge in [0.15, 0.2) is 5.78 Å². The molecule has 102 valence electrons. The highest BCUT2D eigenvalue weighted by Gasteiger charge is 2.14. The molecule has 2 aromatic carbocycles. The molecule has 0 fully saturated rings. The molecule has 0 spiro atoms. The van der Waals surface area contributed by atoms with Crippen LogP contribution in [0.1, 0.15) is 31.8 Å². The Labute approximate surface area is 116 Å². The van der Waals surface area contributed by atoms with Gasteiger partial charge in [-0.2, -0.15) is 0 Å². The predicted molar refractivity (Wildman–Crippen MR) is 74.1 cm³/mol. The van der Waals surface area contributed by atoms with Crippen LogP contribution in [0.15, 0.2) is 42.5 Å². The summed E-state index contributed by atoms with van der Waals surface area (Å²) in [6.45, 7) is 1.76. The second-order valence-corrected chi connectivity index (χ2v) is 4.40. The molecule has 0 aliphatic rings. The van der Waals surface area contributed by atoms with Gasteiger partial charge in [0, 0.05) is 11.1 Å². The molecule has 0 atom stereocenters. The summed E-state index contributed by atoms with van der Waals surface area (Å²) in [5.41, 5.74) is 2.11. The molecule has 0 heterocycles. The van der Waals surface area contributed by atoms with Gasteiger partial charge in [0.2, 0.25) is 0 Å². The zero-order valence-corrected chi connectivity index (χ0v) is 11.2. The van der Waals surface area contributed by atoms with Crippen molar-refractivity contribution in [2.45, 2.75) is 6.92 Å². The van der Waals surface area contributed by atoms with Gasteiger partial charge in [-0.1, -0.05) is 0 Å². The van der Waals surface area contributed by atoms with Crippen LogP contribution < -0.4 is 0 Å². The van der Waals surface area contributed by atoms with Gasteiger partial charge in [0.05, 0.1) is 12.7 Å². The molecule has 2 rings (SSSR count). The summed E-state index contributed by atoms with van der Waals surface area (Å²) in [5, 5.41) is 9.23. The zero-order chi connectivity index (χ0) is 14.7. The normalized spacial score (nSPS) is 10.1. The lowest BCUT2D eigenvalue weighted by atomic mass is 9.97. The third-order valence-corrected chi connectivity index (χ3v) is 3.02. The quantitative estimate of drug-likeness (QED) is 0.688. The molecule has 4 nitrogen and oxygen atoms in total. The van der Waals surface area contributed by atoms with Crippen molar-refractivity contribution in [1.29, 1.82) is 0 Å². The molecule has 0 saturated heterocycles. The largest absolute Gasteiger partial charge is 0.508 e. The Balaban J connectivity index is 2.36. The maximum absolute atomic E-state index is 12.3. The molecule has 0 amide bonds. The Morgan fingerprint density at radius 3 is 2.15 bits per heavy atom. The molecule has 0 bridgehead atoms. The molecular weight excluding hydrogens is 256 g/mol. The lowest BCUT2D eigenvalue weighted by Gasteiger charge is -2.07. The van der Waals surface area contributed by atoms with Crippen molar-refractivity contribution in [2.24, 2.45) is 0 Å². The van der Waals surface area contributed by atoms with E-state index in [4.69, 9.17) is 0 Å². The molecule has 2 aromatic rings. The first-order valence-corrected chi connectivity index (χ1v) is 6.05. The van der Waals surface area contributed by atoms with E-state index in [2.05, 4.69) is 4.74 Å². The number of hydrogen-bond donors (Lipinski definition) is 1. The van der Waals surface area contributed by atoms with Crippen molar-refractivity contribution in [3.8, 4) is 5.75 Å². The minimum atomic E-state index is -0.434. The average molecular weight is 270 g/mol. The van der Waals surface area contributed by atoms with Gasteiger partial charge in [-0.05, 0) is 55.0 Å². The summed E-state index contributed by atoms with van der Waals surface area (Å²) in [6, 6.07) is 10.8. The first kappa shape index (κ1) is 13.8. The summed E-state index contributed by atoms with van der Waals surface area (Å²) in [7, 11) is 1.31. The number of ketones is 1. The first-order chi connectivity index (χ1) is 9.52. The Kier molecular flexibility index (Phi) is 3.84. The molecule has 1 N–H and O–H groups in total. The fourth-order valence-electron chi connectivity index (χ4n) is 1.93. The number of aromatic hydroxyl groups is 1. The van der Waals surface area contributed by atoms with E-state index in [1.54, 1.807) is 37.3 Å². The highest BCUT2D eigenvalue weighted by Crippen LogP contribution is 2.18. The predicted octanol–water partition coefficient (Wildman–Crippen LogP) is 2.72. The average Bonchev–Trinajstić information content (AvgIpc) is 2.46. The number of phenols is 1. The number of aryl methyl sites for hydroxylation is 1. The van der Waals surface area contributed by atoms with Gasteiger partial charge >= 0.3 is 5.97 Å².